The quantitative estimate of drug-likeness (QED) is 0.578. The van der Waals surface area contributed by atoms with Crippen LogP contribution in [0.1, 0.15) is 12.5 Å². The fraction of sp³-hybridized carbons (Fsp3) is 0.200. The third-order valence-electron chi connectivity index (χ3n) is 1.42. The van der Waals surface area contributed by atoms with E-state index in [2.05, 4.69) is 11.8 Å². The maximum atomic E-state index is 12.8. The number of rotatable bonds is 1. The van der Waals surface area contributed by atoms with Gasteiger partial charge in [0.15, 0.2) is 11.6 Å². The van der Waals surface area contributed by atoms with E-state index < -0.39 is 0 Å². The molecular weight excluding hydrogens is 155 g/mol. The molecule has 0 aliphatic rings. The number of benzene rings is 1. The zero-order valence-electron chi connectivity index (χ0n) is 7.02. The van der Waals surface area contributed by atoms with Crippen LogP contribution in [0.5, 0.6) is 5.75 Å². The number of hydrogen-bond donors (Lipinski definition) is 0. The second-order valence-electron chi connectivity index (χ2n) is 2.22. The van der Waals surface area contributed by atoms with Crippen molar-refractivity contribution >= 4 is 0 Å². The molecule has 1 nitrogen and oxygen atoms in total. The zero-order chi connectivity index (χ0) is 8.97. The minimum absolute atomic E-state index is 0.232. The van der Waals surface area contributed by atoms with Crippen molar-refractivity contribution < 1.29 is 9.13 Å². The Morgan fingerprint density at radius 3 is 2.75 bits per heavy atom. The van der Waals surface area contributed by atoms with E-state index in [1.807, 2.05) is 0 Å². The molecule has 12 heavy (non-hydrogen) atoms. The van der Waals surface area contributed by atoms with Gasteiger partial charge in [-0.1, -0.05) is 5.92 Å². The van der Waals surface area contributed by atoms with Gasteiger partial charge in [0, 0.05) is 5.56 Å². The predicted octanol–water partition coefficient (Wildman–Crippen LogP) is 2.21. The van der Waals surface area contributed by atoms with Crippen molar-refractivity contribution in [3.8, 4) is 17.6 Å². The first kappa shape index (κ1) is 8.61. The highest BCUT2D eigenvalue weighted by Gasteiger charge is 2.00. The van der Waals surface area contributed by atoms with Crippen molar-refractivity contribution in [2.24, 2.45) is 0 Å². The fourth-order valence-electron chi connectivity index (χ4n) is 0.882. The molecule has 0 atom stereocenters. The van der Waals surface area contributed by atoms with Gasteiger partial charge in [0.2, 0.25) is 0 Å². The number of ether oxygens (including phenoxy) is 1. The molecule has 0 spiro atoms. The lowest BCUT2D eigenvalue weighted by molar-refractivity contribution is 0.386. The van der Waals surface area contributed by atoms with Gasteiger partial charge in [0.1, 0.15) is 0 Å². The summed E-state index contributed by atoms with van der Waals surface area (Å²) in [6.07, 6.45) is 0. The van der Waals surface area contributed by atoms with E-state index in [9.17, 15) is 4.39 Å². The summed E-state index contributed by atoms with van der Waals surface area (Å²) in [5.74, 6) is 5.41. The molecule has 0 saturated carbocycles. The molecule has 0 radical (unpaired) electrons. The SMILES string of the molecule is CC#Cc1ccc(F)c(OC)c1. The average molecular weight is 164 g/mol. The molecule has 1 aromatic carbocycles. The van der Waals surface area contributed by atoms with Crippen LogP contribution in [0.3, 0.4) is 0 Å². The molecule has 0 amide bonds. The zero-order valence-corrected chi connectivity index (χ0v) is 7.02. The van der Waals surface area contributed by atoms with E-state index >= 15 is 0 Å². The van der Waals surface area contributed by atoms with E-state index in [1.165, 1.54) is 13.2 Å². The molecule has 0 saturated heterocycles. The molecule has 0 aliphatic heterocycles. The predicted molar refractivity (Wildman–Crippen MR) is 45.5 cm³/mol. The van der Waals surface area contributed by atoms with Crippen LogP contribution in [-0.2, 0) is 0 Å². The molecule has 2 heteroatoms. The minimum atomic E-state index is -0.362. The Morgan fingerprint density at radius 2 is 2.17 bits per heavy atom. The van der Waals surface area contributed by atoms with Gasteiger partial charge in [0.25, 0.3) is 0 Å². The van der Waals surface area contributed by atoms with Crippen molar-refractivity contribution in [1.29, 1.82) is 0 Å². The van der Waals surface area contributed by atoms with Gasteiger partial charge in [-0.05, 0) is 25.1 Å². The topological polar surface area (TPSA) is 9.23 Å². The van der Waals surface area contributed by atoms with Gasteiger partial charge in [-0.3, -0.25) is 0 Å². The summed E-state index contributed by atoms with van der Waals surface area (Å²) in [6, 6.07) is 4.54. The highest BCUT2D eigenvalue weighted by Crippen LogP contribution is 2.17. The van der Waals surface area contributed by atoms with Crippen molar-refractivity contribution in [3.05, 3.63) is 29.6 Å². The third-order valence-corrected chi connectivity index (χ3v) is 1.42. The summed E-state index contributed by atoms with van der Waals surface area (Å²) in [4.78, 5) is 0. The molecular formula is C10H9FO. The third kappa shape index (κ3) is 1.76. The van der Waals surface area contributed by atoms with Crippen LogP contribution < -0.4 is 4.74 Å². The number of halogens is 1. The van der Waals surface area contributed by atoms with E-state index in [1.54, 1.807) is 19.1 Å². The van der Waals surface area contributed by atoms with Crippen LogP contribution in [0, 0.1) is 17.7 Å². The van der Waals surface area contributed by atoms with Crippen molar-refractivity contribution in [2.75, 3.05) is 7.11 Å². The first-order chi connectivity index (χ1) is 5.77. The van der Waals surface area contributed by atoms with Crippen molar-refractivity contribution in [3.63, 3.8) is 0 Å². The maximum Gasteiger partial charge on any atom is 0.165 e. The summed E-state index contributed by atoms with van der Waals surface area (Å²) < 4.78 is 17.6. The Labute approximate surface area is 71.2 Å². The van der Waals surface area contributed by atoms with Gasteiger partial charge in [-0.2, -0.15) is 0 Å². The lowest BCUT2D eigenvalue weighted by Gasteiger charge is -2.00. The summed E-state index contributed by atoms with van der Waals surface area (Å²) in [5, 5.41) is 0. The normalized spacial score (nSPS) is 8.58. The Balaban J connectivity index is 3.10. The Hall–Kier alpha value is -1.49. The largest absolute Gasteiger partial charge is 0.494 e. The molecule has 0 bridgehead atoms. The van der Waals surface area contributed by atoms with Crippen LogP contribution >= 0.6 is 0 Å². The standard InChI is InChI=1S/C10H9FO/c1-3-4-8-5-6-9(11)10(7-8)12-2/h5-7H,1-2H3. The van der Waals surface area contributed by atoms with Crippen LogP contribution in [0.2, 0.25) is 0 Å². The fourth-order valence-corrected chi connectivity index (χ4v) is 0.882. The summed E-state index contributed by atoms with van der Waals surface area (Å²) in [7, 11) is 1.43. The molecule has 1 aromatic rings. The molecule has 62 valence electrons. The van der Waals surface area contributed by atoms with Crippen LogP contribution in [0.4, 0.5) is 4.39 Å². The van der Waals surface area contributed by atoms with Gasteiger partial charge < -0.3 is 4.74 Å². The summed E-state index contributed by atoms with van der Waals surface area (Å²) >= 11 is 0. The highest BCUT2D eigenvalue weighted by atomic mass is 19.1. The lowest BCUT2D eigenvalue weighted by Crippen LogP contribution is -1.88. The van der Waals surface area contributed by atoms with E-state index in [4.69, 9.17) is 4.74 Å². The second-order valence-corrected chi connectivity index (χ2v) is 2.22. The molecule has 0 fully saturated rings. The Bertz CT molecular complexity index is 333. The van der Waals surface area contributed by atoms with Crippen molar-refractivity contribution in [1.82, 2.24) is 0 Å². The molecule has 0 aliphatic carbocycles. The first-order valence-electron chi connectivity index (χ1n) is 3.54. The number of methoxy groups -OCH3 is 1. The van der Waals surface area contributed by atoms with Crippen LogP contribution in [0.25, 0.3) is 0 Å². The maximum absolute atomic E-state index is 12.8. The molecule has 1 rings (SSSR count). The summed E-state index contributed by atoms with van der Waals surface area (Å²) in [5.41, 5.74) is 0.760. The Kier molecular flexibility index (Phi) is 2.71. The lowest BCUT2D eigenvalue weighted by atomic mass is 10.2. The van der Waals surface area contributed by atoms with E-state index in [0.717, 1.165) is 5.56 Å². The molecule has 0 heterocycles. The van der Waals surface area contributed by atoms with Crippen molar-refractivity contribution in [2.45, 2.75) is 6.92 Å². The smallest absolute Gasteiger partial charge is 0.165 e. The average Bonchev–Trinajstić information content (AvgIpc) is 2.09. The summed E-state index contributed by atoms with van der Waals surface area (Å²) in [6.45, 7) is 1.73. The molecule has 0 unspecified atom stereocenters. The van der Waals surface area contributed by atoms with E-state index in [-0.39, 0.29) is 11.6 Å². The minimum Gasteiger partial charge on any atom is -0.494 e. The molecule has 0 aromatic heterocycles. The van der Waals surface area contributed by atoms with Crippen LogP contribution in [-0.4, -0.2) is 7.11 Å². The van der Waals surface area contributed by atoms with Gasteiger partial charge >= 0.3 is 0 Å². The first-order valence-corrected chi connectivity index (χ1v) is 3.54. The number of hydrogen-bond acceptors (Lipinski definition) is 1. The van der Waals surface area contributed by atoms with Gasteiger partial charge in [-0.15, -0.1) is 5.92 Å². The van der Waals surface area contributed by atoms with E-state index in [0.29, 0.717) is 0 Å². The second kappa shape index (κ2) is 3.77. The molecule has 0 N–H and O–H groups in total. The van der Waals surface area contributed by atoms with Crippen LogP contribution in [0.15, 0.2) is 18.2 Å². The highest BCUT2D eigenvalue weighted by molar-refractivity contribution is 5.40. The van der Waals surface area contributed by atoms with Gasteiger partial charge in [0.05, 0.1) is 7.11 Å². The van der Waals surface area contributed by atoms with Gasteiger partial charge in [-0.25, -0.2) is 4.39 Å². The monoisotopic (exact) mass is 164 g/mol. The Morgan fingerprint density at radius 1 is 1.42 bits per heavy atom.